The molecule has 0 saturated carbocycles. The summed E-state index contributed by atoms with van der Waals surface area (Å²) in [6.45, 7) is 4.94. The van der Waals surface area contributed by atoms with Crippen LogP contribution in [0.5, 0.6) is 0 Å². The highest BCUT2D eigenvalue weighted by molar-refractivity contribution is 6.18. The second-order valence-electron chi connectivity index (χ2n) is 7.86. The molecular formula is C26H22N2O. The molecule has 2 N–H and O–H groups in total. The molecule has 5 aromatic rings. The Hall–Kier alpha value is -3.59. The summed E-state index contributed by atoms with van der Waals surface area (Å²) in [5.74, 6) is -0.392. The summed E-state index contributed by atoms with van der Waals surface area (Å²) in [6, 6.07) is 25.3. The topological polar surface area (TPSA) is 48.0 Å². The van der Waals surface area contributed by atoms with Crippen molar-refractivity contribution in [2.45, 2.75) is 20.4 Å². The Morgan fingerprint density at radius 3 is 2.38 bits per heavy atom. The smallest absolute Gasteiger partial charge is 0.249 e. The Bertz CT molecular complexity index is 1430. The lowest BCUT2D eigenvalue weighted by Gasteiger charge is -2.10. The van der Waals surface area contributed by atoms with Crippen molar-refractivity contribution in [1.82, 2.24) is 4.57 Å². The Labute approximate surface area is 169 Å². The number of primary amides is 1. The predicted molar refractivity (Wildman–Crippen MR) is 120 cm³/mol. The van der Waals surface area contributed by atoms with Gasteiger partial charge in [0.25, 0.3) is 0 Å². The van der Waals surface area contributed by atoms with E-state index in [9.17, 15) is 4.79 Å². The van der Waals surface area contributed by atoms with E-state index in [4.69, 9.17) is 5.73 Å². The SMILES string of the molecule is Cc1ccc2cc(Cn3c4cc(C)ccc4c4c(C(N)=O)cccc43)ccc2c1. The number of nitrogens with zero attached hydrogens (tertiary/aromatic N) is 1. The van der Waals surface area contributed by atoms with E-state index in [2.05, 4.69) is 79.1 Å². The normalized spacial score (nSPS) is 11.5. The lowest BCUT2D eigenvalue weighted by Crippen LogP contribution is -2.11. The molecule has 3 heteroatoms. The molecule has 1 amide bonds. The van der Waals surface area contributed by atoms with Crippen LogP contribution in [0.1, 0.15) is 27.0 Å². The second kappa shape index (κ2) is 6.49. The van der Waals surface area contributed by atoms with E-state index >= 15 is 0 Å². The monoisotopic (exact) mass is 378 g/mol. The van der Waals surface area contributed by atoms with Crippen LogP contribution in [0.4, 0.5) is 0 Å². The van der Waals surface area contributed by atoms with Crippen molar-refractivity contribution in [3.63, 3.8) is 0 Å². The van der Waals surface area contributed by atoms with Crippen molar-refractivity contribution in [3.8, 4) is 0 Å². The molecule has 142 valence electrons. The molecule has 0 unspecified atom stereocenters. The highest BCUT2D eigenvalue weighted by atomic mass is 16.1. The number of fused-ring (bicyclic) bond motifs is 4. The van der Waals surface area contributed by atoms with Crippen molar-refractivity contribution >= 4 is 38.5 Å². The summed E-state index contributed by atoms with van der Waals surface area (Å²) in [4.78, 5) is 12.1. The Morgan fingerprint density at radius 2 is 1.55 bits per heavy atom. The van der Waals surface area contributed by atoms with Gasteiger partial charge in [-0.05, 0) is 60.0 Å². The molecule has 4 aromatic carbocycles. The molecule has 1 heterocycles. The van der Waals surface area contributed by atoms with E-state index in [0.717, 1.165) is 28.4 Å². The number of amides is 1. The summed E-state index contributed by atoms with van der Waals surface area (Å²) < 4.78 is 2.29. The molecular weight excluding hydrogens is 356 g/mol. The van der Waals surface area contributed by atoms with Gasteiger partial charge in [-0.3, -0.25) is 4.79 Å². The van der Waals surface area contributed by atoms with Gasteiger partial charge in [0.1, 0.15) is 0 Å². The maximum Gasteiger partial charge on any atom is 0.249 e. The summed E-state index contributed by atoms with van der Waals surface area (Å²) >= 11 is 0. The van der Waals surface area contributed by atoms with Crippen LogP contribution < -0.4 is 5.73 Å². The van der Waals surface area contributed by atoms with Gasteiger partial charge in [0.05, 0.1) is 5.52 Å². The molecule has 0 atom stereocenters. The summed E-state index contributed by atoms with van der Waals surface area (Å²) in [5, 5.41) is 4.49. The fraction of sp³-hybridized carbons (Fsp3) is 0.115. The number of carbonyl (C=O) groups excluding carboxylic acids is 1. The highest BCUT2D eigenvalue weighted by Crippen LogP contribution is 2.33. The molecule has 0 saturated heterocycles. The third kappa shape index (κ3) is 2.87. The van der Waals surface area contributed by atoms with Gasteiger partial charge in [-0.15, -0.1) is 0 Å². The van der Waals surface area contributed by atoms with Gasteiger partial charge in [0.15, 0.2) is 0 Å². The third-order valence-corrected chi connectivity index (χ3v) is 5.71. The van der Waals surface area contributed by atoms with E-state index < -0.39 is 5.91 Å². The van der Waals surface area contributed by atoms with Crippen LogP contribution in [-0.2, 0) is 6.54 Å². The molecule has 0 radical (unpaired) electrons. The Balaban J connectivity index is 1.75. The molecule has 29 heavy (non-hydrogen) atoms. The van der Waals surface area contributed by atoms with E-state index in [1.165, 1.54) is 27.5 Å². The van der Waals surface area contributed by atoms with E-state index in [-0.39, 0.29) is 0 Å². The molecule has 0 aliphatic carbocycles. The van der Waals surface area contributed by atoms with Gasteiger partial charge in [0, 0.05) is 28.4 Å². The molecule has 0 aliphatic rings. The molecule has 0 fully saturated rings. The number of benzene rings is 4. The molecule has 5 rings (SSSR count). The lowest BCUT2D eigenvalue weighted by atomic mass is 10.0. The standard InChI is InChI=1S/C26H22N2O/c1-16-6-9-20-14-18(8-10-19(20)12-16)15-28-23-5-3-4-22(26(27)29)25(23)21-11-7-17(2)13-24(21)28/h3-14H,15H2,1-2H3,(H2,27,29). The first-order chi connectivity index (χ1) is 14.0. The average molecular weight is 378 g/mol. The van der Waals surface area contributed by atoms with Crippen LogP contribution in [0.25, 0.3) is 32.6 Å². The van der Waals surface area contributed by atoms with Crippen LogP contribution >= 0.6 is 0 Å². The van der Waals surface area contributed by atoms with Crippen molar-refractivity contribution < 1.29 is 4.79 Å². The maximum absolute atomic E-state index is 12.1. The summed E-state index contributed by atoms with van der Waals surface area (Å²) in [7, 11) is 0. The van der Waals surface area contributed by atoms with Crippen LogP contribution in [0.15, 0.2) is 72.8 Å². The number of aromatic nitrogens is 1. The zero-order valence-electron chi connectivity index (χ0n) is 16.6. The van der Waals surface area contributed by atoms with Crippen LogP contribution in [-0.4, -0.2) is 10.5 Å². The van der Waals surface area contributed by atoms with Gasteiger partial charge in [-0.1, -0.05) is 54.1 Å². The first-order valence-electron chi connectivity index (χ1n) is 9.82. The minimum Gasteiger partial charge on any atom is -0.366 e. The predicted octanol–water partition coefficient (Wildman–Crippen LogP) is 5.71. The number of hydrogen-bond donors (Lipinski definition) is 1. The summed E-state index contributed by atoms with van der Waals surface area (Å²) in [5.41, 5.74) is 12.1. The van der Waals surface area contributed by atoms with Crippen LogP contribution in [0, 0.1) is 13.8 Å². The van der Waals surface area contributed by atoms with Crippen molar-refractivity contribution in [3.05, 3.63) is 95.1 Å². The van der Waals surface area contributed by atoms with Gasteiger partial charge < -0.3 is 10.3 Å². The Morgan fingerprint density at radius 1 is 0.828 bits per heavy atom. The second-order valence-corrected chi connectivity index (χ2v) is 7.86. The lowest BCUT2D eigenvalue weighted by molar-refractivity contribution is 0.100. The van der Waals surface area contributed by atoms with Gasteiger partial charge >= 0.3 is 0 Å². The van der Waals surface area contributed by atoms with Crippen LogP contribution in [0.2, 0.25) is 0 Å². The van der Waals surface area contributed by atoms with E-state index in [1.54, 1.807) is 0 Å². The van der Waals surface area contributed by atoms with Gasteiger partial charge in [-0.2, -0.15) is 0 Å². The minimum atomic E-state index is -0.392. The van der Waals surface area contributed by atoms with Crippen LogP contribution in [0.3, 0.4) is 0 Å². The van der Waals surface area contributed by atoms with E-state index in [1.807, 2.05) is 12.1 Å². The van der Waals surface area contributed by atoms with Crippen molar-refractivity contribution in [1.29, 1.82) is 0 Å². The first kappa shape index (κ1) is 17.5. The maximum atomic E-state index is 12.1. The summed E-state index contributed by atoms with van der Waals surface area (Å²) in [6.07, 6.45) is 0. The first-order valence-corrected chi connectivity index (χ1v) is 9.82. The molecule has 0 aliphatic heterocycles. The molecule has 0 bridgehead atoms. The fourth-order valence-corrected chi connectivity index (χ4v) is 4.33. The quantitative estimate of drug-likeness (QED) is 0.429. The number of hydrogen-bond acceptors (Lipinski definition) is 1. The van der Waals surface area contributed by atoms with Crippen molar-refractivity contribution in [2.75, 3.05) is 0 Å². The Kier molecular flexibility index (Phi) is 3.92. The largest absolute Gasteiger partial charge is 0.366 e. The number of aryl methyl sites for hydroxylation is 2. The number of carbonyl (C=O) groups is 1. The number of rotatable bonds is 3. The fourth-order valence-electron chi connectivity index (χ4n) is 4.33. The molecule has 1 aromatic heterocycles. The molecule has 3 nitrogen and oxygen atoms in total. The van der Waals surface area contributed by atoms with Gasteiger partial charge in [0.2, 0.25) is 5.91 Å². The van der Waals surface area contributed by atoms with Crippen molar-refractivity contribution in [2.24, 2.45) is 5.73 Å². The van der Waals surface area contributed by atoms with E-state index in [0.29, 0.717) is 5.56 Å². The number of nitrogens with two attached hydrogens (primary N) is 1. The van der Waals surface area contributed by atoms with Gasteiger partial charge in [-0.25, -0.2) is 0 Å². The third-order valence-electron chi connectivity index (χ3n) is 5.71. The zero-order chi connectivity index (χ0) is 20.1. The minimum absolute atomic E-state index is 0.392. The average Bonchev–Trinajstić information content (AvgIpc) is 3.01. The highest BCUT2D eigenvalue weighted by Gasteiger charge is 2.16. The zero-order valence-corrected chi connectivity index (χ0v) is 16.6. The molecule has 0 spiro atoms.